The number of hydrogen-bond acceptors (Lipinski definition) is 3. The molecule has 1 saturated carbocycles. The Balaban J connectivity index is 1.72. The van der Waals surface area contributed by atoms with E-state index in [1.807, 2.05) is 0 Å². The fraction of sp³-hybridized carbons (Fsp3) is 0.533. The SMILES string of the molecule is Fc1ccc2nc(NC3CCCCCCC3)sc2c1. The van der Waals surface area contributed by atoms with Gasteiger partial charge in [-0.15, -0.1) is 0 Å². The molecule has 3 rings (SSSR count). The minimum absolute atomic E-state index is 0.186. The zero-order chi connectivity index (χ0) is 13.1. The second kappa shape index (κ2) is 5.87. The van der Waals surface area contributed by atoms with Crippen LogP contribution in [0.15, 0.2) is 18.2 Å². The van der Waals surface area contributed by atoms with Gasteiger partial charge in [-0.2, -0.15) is 0 Å². The lowest BCUT2D eigenvalue weighted by Gasteiger charge is -2.20. The quantitative estimate of drug-likeness (QED) is 0.839. The molecule has 1 fully saturated rings. The monoisotopic (exact) mass is 278 g/mol. The van der Waals surface area contributed by atoms with Gasteiger partial charge in [0.15, 0.2) is 5.13 Å². The summed E-state index contributed by atoms with van der Waals surface area (Å²) in [4.78, 5) is 4.54. The molecule has 0 amide bonds. The topological polar surface area (TPSA) is 24.9 Å². The number of aromatic nitrogens is 1. The van der Waals surface area contributed by atoms with Gasteiger partial charge in [0.1, 0.15) is 5.82 Å². The van der Waals surface area contributed by atoms with Crippen molar-refractivity contribution in [3.8, 4) is 0 Å². The average Bonchev–Trinajstić information content (AvgIpc) is 2.74. The Bertz CT molecular complexity index is 544. The predicted octanol–water partition coefficient (Wildman–Crippen LogP) is 4.96. The molecule has 1 N–H and O–H groups in total. The Morgan fingerprint density at radius 1 is 1.11 bits per heavy atom. The molecule has 0 unspecified atom stereocenters. The molecule has 2 aromatic rings. The van der Waals surface area contributed by atoms with Crippen molar-refractivity contribution in [2.45, 2.75) is 51.0 Å². The van der Waals surface area contributed by atoms with Crippen LogP contribution in [0.25, 0.3) is 10.2 Å². The van der Waals surface area contributed by atoms with Crippen molar-refractivity contribution in [1.29, 1.82) is 0 Å². The van der Waals surface area contributed by atoms with Crippen molar-refractivity contribution in [2.24, 2.45) is 0 Å². The van der Waals surface area contributed by atoms with Crippen molar-refractivity contribution in [2.75, 3.05) is 5.32 Å². The second-order valence-corrected chi connectivity index (χ2v) is 6.35. The number of benzene rings is 1. The maximum Gasteiger partial charge on any atom is 0.184 e. The summed E-state index contributed by atoms with van der Waals surface area (Å²) in [5.41, 5.74) is 0.889. The van der Waals surface area contributed by atoms with Crippen LogP contribution >= 0.6 is 11.3 Å². The van der Waals surface area contributed by atoms with E-state index in [2.05, 4.69) is 10.3 Å². The average molecular weight is 278 g/mol. The molecule has 19 heavy (non-hydrogen) atoms. The zero-order valence-corrected chi connectivity index (χ0v) is 11.8. The number of hydrogen-bond donors (Lipinski definition) is 1. The summed E-state index contributed by atoms with van der Waals surface area (Å²) in [7, 11) is 0. The molecular weight excluding hydrogens is 259 g/mol. The standard InChI is InChI=1S/C15H19FN2S/c16-11-8-9-13-14(10-11)19-15(18-13)17-12-6-4-2-1-3-5-7-12/h8-10,12H,1-7H2,(H,17,18). The molecule has 102 valence electrons. The molecular formula is C15H19FN2S. The third-order valence-electron chi connectivity index (χ3n) is 3.78. The van der Waals surface area contributed by atoms with Gasteiger partial charge in [-0.05, 0) is 31.0 Å². The van der Waals surface area contributed by atoms with Crippen LogP contribution in [-0.2, 0) is 0 Å². The maximum atomic E-state index is 13.2. The highest BCUT2D eigenvalue weighted by atomic mass is 32.1. The Labute approximate surface area is 117 Å². The van der Waals surface area contributed by atoms with Crippen LogP contribution in [0.3, 0.4) is 0 Å². The third-order valence-corrected chi connectivity index (χ3v) is 4.73. The number of anilines is 1. The number of nitrogens with zero attached hydrogens (tertiary/aromatic N) is 1. The van der Waals surface area contributed by atoms with Crippen LogP contribution in [0.5, 0.6) is 0 Å². The third kappa shape index (κ3) is 3.24. The van der Waals surface area contributed by atoms with Crippen molar-refractivity contribution in [3.63, 3.8) is 0 Å². The first kappa shape index (κ1) is 12.9. The van der Waals surface area contributed by atoms with Gasteiger partial charge in [-0.3, -0.25) is 0 Å². The van der Waals surface area contributed by atoms with Gasteiger partial charge in [-0.1, -0.05) is 43.4 Å². The van der Waals surface area contributed by atoms with Crippen LogP contribution in [0.2, 0.25) is 0 Å². The van der Waals surface area contributed by atoms with Crippen molar-refractivity contribution >= 4 is 26.7 Å². The van der Waals surface area contributed by atoms with Crippen molar-refractivity contribution in [3.05, 3.63) is 24.0 Å². The summed E-state index contributed by atoms with van der Waals surface area (Å²) >= 11 is 1.55. The summed E-state index contributed by atoms with van der Waals surface area (Å²) in [6.07, 6.45) is 9.14. The zero-order valence-electron chi connectivity index (χ0n) is 11.0. The molecule has 0 radical (unpaired) electrons. The van der Waals surface area contributed by atoms with E-state index in [1.54, 1.807) is 23.5 Å². The molecule has 0 saturated heterocycles. The minimum Gasteiger partial charge on any atom is -0.359 e. The molecule has 2 nitrogen and oxygen atoms in total. The summed E-state index contributed by atoms with van der Waals surface area (Å²) in [5, 5.41) is 4.48. The lowest BCUT2D eigenvalue weighted by atomic mass is 9.97. The number of thiazole rings is 1. The molecule has 0 bridgehead atoms. The minimum atomic E-state index is -0.186. The Hall–Kier alpha value is -1.16. The van der Waals surface area contributed by atoms with Crippen LogP contribution < -0.4 is 5.32 Å². The highest BCUT2D eigenvalue weighted by Crippen LogP contribution is 2.28. The molecule has 0 spiro atoms. The highest BCUT2D eigenvalue weighted by Gasteiger charge is 2.13. The first-order valence-corrected chi connectivity index (χ1v) is 7.95. The smallest absolute Gasteiger partial charge is 0.184 e. The van der Waals surface area contributed by atoms with E-state index in [-0.39, 0.29) is 5.82 Å². The highest BCUT2D eigenvalue weighted by molar-refractivity contribution is 7.22. The van der Waals surface area contributed by atoms with Gasteiger partial charge in [0.05, 0.1) is 10.2 Å². The molecule has 4 heteroatoms. The Morgan fingerprint density at radius 2 is 1.84 bits per heavy atom. The van der Waals surface area contributed by atoms with Gasteiger partial charge in [0, 0.05) is 6.04 Å². The fourth-order valence-corrected chi connectivity index (χ4v) is 3.70. The summed E-state index contributed by atoms with van der Waals surface area (Å²) < 4.78 is 14.1. The van der Waals surface area contributed by atoms with E-state index in [1.165, 1.54) is 51.0 Å². The number of fused-ring (bicyclic) bond motifs is 1. The maximum absolute atomic E-state index is 13.2. The molecule has 0 aliphatic heterocycles. The van der Waals surface area contributed by atoms with Gasteiger partial charge in [0.25, 0.3) is 0 Å². The van der Waals surface area contributed by atoms with Gasteiger partial charge in [-0.25, -0.2) is 9.37 Å². The lowest BCUT2D eigenvalue weighted by molar-refractivity contribution is 0.471. The van der Waals surface area contributed by atoms with Crippen molar-refractivity contribution in [1.82, 2.24) is 4.98 Å². The summed E-state index contributed by atoms with van der Waals surface area (Å²) in [6, 6.07) is 5.33. The Morgan fingerprint density at radius 3 is 2.63 bits per heavy atom. The molecule has 1 heterocycles. The van der Waals surface area contributed by atoms with Crippen molar-refractivity contribution < 1.29 is 4.39 Å². The first-order chi connectivity index (χ1) is 9.31. The van der Waals surface area contributed by atoms with E-state index in [0.29, 0.717) is 6.04 Å². The van der Waals surface area contributed by atoms with E-state index >= 15 is 0 Å². The lowest BCUT2D eigenvalue weighted by Crippen LogP contribution is -2.20. The summed E-state index contributed by atoms with van der Waals surface area (Å²) in [5.74, 6) is -0.186. The summed E-state index contributed by atoms with van der Waals surface area (Å²) in [6.45, 7) is 0. The van der Waals surface area contributed by atoms with Crippen LogP contribution in [0.4, 0.5) is 9.52 Å². The predicted molar refractivity (Wildman–Crippen MR) is 79.3 cm³/mol. The number of rotatable bonds is 2. The molecule has 1 aromatic heterocycles. The van der Waals surface area contributed by atoms with Gasteiger partial charge in [0.2, 0.25) is 0 Å². The molecule has 1 aliphatic rings. The number of halogens is 1. The largest absolute Gasteiger partial charge is 0.359 e. The van der Waals surface area contributed by atoms with E-state index in [4.69, 9.17) is 0 Å². The van der Waals surface area contributed by atoms with E-state index in [9.17, 15) is 4.39 Å². The Kier molecular flexibility index (Phi) is 3.97. The van der Waals surface area contributed by atoms with E-state index in [0.717, 1.165) is 15.3 Å². The van der Waals surface area contributed by atoms with Crippen LogP contribution in [-0.4, -0.2) is 11.0 Å². The molecule has 1 aromatic carbocycles. The van der Waals surface area contributed by atoms with Crippen LogP contribution in [0.1, 0.15) is 44.9 Å². The van der Waals surface area contributed by atoms with Gasteiger partial charge >= 0.3 is 0 Å². The second-order valence-electron chi connectivity index (χ2n) is 5.32. The molecule has 1 aliphatic carbocycles. The van der Waals surface area contributed by atoms with Crippen LogP contribution in [0, 0.1) is 5.82 Å². The number of nitrogens with one attached hydrogen (secondary N) is 1. The first-order valence-electron chi connectivity index (χ1n) is 7.14. The normalized spacial score (nSPS) is 18.2. The van der Waals surface area contributed by atoms with E-state index < -0.39 is 0 Å². The molecule has 0 atom stereocenters. The fourth-order valence-electron chi connectivity index (χ4n) is 2.74. The van der Waals surface area contributed by atoms with Gasteiger partial charge < -0.3 is 5.32 Å².